The number of thioether (sulfide) groups is 1. The highest BCUT2D eigenvalue weighted by atomic mass is 35.5. The summed E-state index contributed by atoms with van der Waals surface area (Å²) < 4.78 is 1.96. The van der Waals surface area contributed by atoms with E-state index in [9.17, 15) is 4.79 Å². The fourth-order valence-corrected chi connectivity index (χ4v) is 4.60. The average molecular weight is 478 g/mol. The van der Waals surface area contributed by atoms with Crippen LogP contribution in [0, 0.1) is 6.92 Å². The number of hydrogen-bond acceptors (Lipinski definition) is 5. The lowest BCUT2D eigenvalue weighted by Crippen LogP contribution is -2.38. The van der Waals surface area contributed by atoms with Crippen molar-refractivity contribution in [2.24, 2.45) is 0 Å². The number of hydrogen-bond donors (Lipinski definition) is 0. The van der Waals surface area contributed by atoms with Crippen molar-refractivity contribution in [3.63, 3.8) is 0 Å². The highest BCUT2D eigenvalue weighted by Gasteiger charge is 2.23. The Morgan fingerprint density at radius 2 is 1.76 bits per heavy atom. The van der Waals surface area contributed by atoms with Gasteiger partial charge in [0.05, 0.1) is 11.4 Å². The number of pyridine rings is 1. The second kappa shape index (κ2) is 10.2. The van der Waals surface area contributed by atoms with E-state index in [1.807, 2.05) is 90.9 Å². The third-order valence-corrected chi connectivity index (χ3v) is 6.52. The van der Waals surface area contributed by atoms with Gasteiger partial charge in [0.1, 0.15) is 0 Å². The lowest BCUT2D eigenvalue weighted by atomic mass is 10.2. The molecular weight excluding hydrogens is 454 g/mol. The van der Waals surface area contributed by atoms with Crippen LogP contribution in [-0.4, -0.2) is 37.5 Å². The number of amides is 1. The van der Waals surface area contributed by atoms with Gasteiger partial charge in [0.15, 0.2) is 11.0 Å². The molecule has 0 atom stereocenters. The summed E-state index contributed by atoms with van der Waals surface area (Å²) in [6.45, 7) is 5.98. The second-order valence-electron chi connectivity index (χ2n) is 7.74. The van der Waals surface area contributed by atoms with Crippen LogP contribution in [0.4, 0.5) is 5.69 Å². The van der Waals surface area contributed by atoms with Gasteiger partial charge in [0, 0.05) is 34.7 Å². The van der Waals surface area contributed by atoms with Crippen LogP contribution in [0.5, 0.6) is 0 Å². The van der Waals surface area contributed by atoms with Gasteiger partial charge in [-0.05, 0) is 62.7 Å². The van der Waals surface area contributed by atoms with Crippen molar-refractivity contribution in [3.05, 3.63) is 83.6 Å². The van der Waals surface area contributed by atoms with E-state index in [1.165, 1.54) is 11.8 Å². The third-order valence-electron chi connectivity index (χ3n) is 5.20. The van der Waals surface area contributed by atoms with Gasteiger partial charge in [0.2, 0.25) is 5.91 Å². The predicted octanol–water partition coefficient (Wildman–Crippen LogP) is 5.82. The topological polar surface area (TPSA) is 63.9 Å². The third kappa shape index (κ3) is 4.94. The molecule has 8 heteroatoms. The van der Waals surface area contributed by atoms with E-state index in [4.69, 9.17) is 11.6 Å². The SMILES string of the molecule is Cc1c(Cl)cccc1-n1c(SCC(=O)N(c2ccccc2)C(C)C)nnc1-c1ccncc1. The first-order valence-electron chi connectivity index (χ1n) is 10.6. The fourth-order valence-electron chi connectivity index (χ4n) is 3.62. The van der Waals surface area contributed by atoms with Crippen molar-refractivity contribution in [2.45, 2.75) is 32.0 Å². The van der Waals surface area contributed by atoms with Gasteiger partial charge >= 0.3 is 0 Å². The molecule has 2 aromatic heterocycles. The van der Waals surface area contributed by atoms with Gasteiger partial charge in [0.25, 0.3) is 0 Å². The molecule has 0 aliphatic carbocycles. The molecule has 0 unspecified atom stereocenters. The summed E-state index contributed by atoms with van der Waals surface area (Å²) in [7, 11) is 0. The van der Waals surface area contributed by atoms with Crippen molar-refractivity contribution < 1.29 is 4.79 Å². The summed E-state index contributed by atoms with van der Waals surface area (Å²) in [5, 5.41) is 10.2. The molecule has 6 nitrogen and oxygen atoms in total. The van der Waals surface area contributed by atoms with Crippen molar-refractivity contribution in [1.29, 1.82) is 0 Å². The minimum Gasteiger partial charge on any atom is -0.309 e. The number of nitrogens with zero attached hydrogens (tertiary/aromatic N) is 5. The maximum atomic E-state index is 13.2. The summed E-state index contributed by atoms with van der Waals surface area (Å²) >= 11 is 7.78. The average Bonchev–Trinajstić information content (AvgIpc) is 3.24. The molecule has 4 rings (SSSR count). The quantitative estimate of drug-likeness (QED) is 0.313. The van der Waals surface area contributed by atoms with Gasteiger partial charge in [-0.2, -0.15) is 0 Å². The molecule has 2 heterocycles. The Kier molecular flexibility index (Phi) is 7.11. The van der Waals surface area contributed by atoms with Crippen LogP contribution in [0.25, 0.3) is 17.1 Å². The molecule has 168 valence electrons. The smallest absolute Gasteiger partial charge is 0.237 e. The highest BCUT2D eigenvalue weighted by molar-refractivity contribution is 7.99. The lowest BCUT2D eigenvalue weighted by Gasteiger charge is -2.26. The summed E-state index contributed by atoms with van der Waals surface area (Å²) in [5.74, 6) is 0.895. The van der Waals surface area contributed by atoms with Gasteiger partial charge in [-0.3, -0.25) is 14.3 Å². The zero-order valence-electron chi connectivity index (χ0n) is 18.6. The maximum absolute atomic E-state index is 13.2. The Hall–Kier alpha value is -3.16. The number of para-hydroxylation sites is 1. The van der Waals surface area contributed by atoms with E-state index >= 15 is 0 Å². The molecule has 0 fully saturated rings. The molecule has 0 spiro atoms. The van der Waals surface area contributed by atoms with Crippen molar-refractivity contribution in [1.82, 2.24) is 19.7 Å². The first kappa shape index (κ1) is 23.0. The van der Waals surface area contributed by atoms with E-state index in [0.717, 1.165) is 22.5 Å². The van der Waals surface area contributed by atoms with Crippen molar-refractivity contribution in [3.8, 4) is 17.1 Å². The van der Waals surface area contributed by atoms with Crippen LogP contribution in [0.1, 0.15) is 19.4 Å². The van der Waals surface area contributed by atoms with Crippen LogP contribution >= 0.6 is 23.4 Å². The summed E-state index contributed by atoms with van der Waals surface area (Å²) in [4.78, 5) is 19.1. The summed E-state index contributed by atoms with van der Waals surface area (Å²) in [6.07, 6.45) is 3.44. The minimum absolute atomic E-state index is 0.00373. The molecule has 0 saturated heterocycles. The minimum atomic E-state index is 0.00373. The van der Waals surface area contributed by atoms with E-state index in [-0.39, 0.29) is 17.7 Å². The first-order valence-corrected chi connectivity index (χ1v) is 11.9. The van der Waals surface area contributed by atoms with E-state index in [1.54, 1.807) is 12.4 Å². The van der Waals surface area contributed by atoms with Gasteiger partial charge < -0.3 is 4.90 Å². The molecule has 0 aliphatic rings. The predicted molar refractivity (Wildman–Crippen MR) is 134 cm³/mol. The first-order chi connectivity index (χ1) is 16.0. The lowest BCUT2D eigenvalue weighted by molar-refractivity contribution is -0.116. The largest absolute Gasteiger partial charge is 0.309 e. The van der Waals surface area contributed by atoms with Crippen LogP contribution in [0.2, 0.25) is 5.02 Å². The number of halogens is 1. The monoisotopic (exact) mass is 477 g/mol. The van der Waals surface area contributed by atoms with Gasteiger partial charge in [-0.15, -0.1) is 10.2 Å². The Labute approximate surface area is 202 Å². The van der Waals surface area contributed by atoms with Crippen molar-refractivity contribution >= 4 is 35.0 Å². The van der Waals surface area contributed by atoms with Gasteiger partial charge in [-0.25, -0.2) is 0 Å². The summed E-state index contributed by atoms with van der Waals surface area (Å²) in [6, 6.07) is 19.2. The number of carbonyl (C=O) groups excluding carboxylic acids is 1. The second-order valence-corrected chi connectivity index (χ2v) is 9.09. The number of rotatable bonds is 7. The highest BCUT2D eigenvalue weighted by Crippen LogP contribution is 2.32. The molecule has 0 aliphatic heterocycles. The van der Waals surface area contributed by atoms with Crippen LogP contribution in [-0.2, 0) is 4.79 Å². The number of aromatic nitrogens is 4. The Bertz CT molecular complexity index is 1240. The molecule has 0 bridgehead atoms. The molecule has 33 heavy (non-hydrogen) atoms. The zero-order chi connectivity index (χ0) is 23.4. The molecular formula is C25H24ClN5OS. The molecule has 1 amide bonds. The van der Waals surface area contributed by atoms with E-state index < -0.39 is 0 Å². The van der Waals surface area contributed by atoms with Gasteiger partial charge in [-0.1, -0.05) is 47.6 Å². The zero-order valence-corrected chi connectivity index (χ0v) is 20.2. The van der Waals surface area contributed by atoms with Crippen LogP contribution < -0.4 is 4.90 Å². The molecule has 0 N–H and O–H groups in total. The normalized spacial score (nSPS) is 11.1. The molecule has 0 radical (unpaired) electrons. The van der Waals surface area contributed by atoms with Crippen LogP contribution in [0.3, 0.4) is 0 Å². The maximum Gasteiger partial charge on any atom is 0.237 e. The van der Waals surface area contributed by atoms with E-state index in [2.05, 4.69) is 15.2 Å². The fraction of sp³-hybridized carbons (Fsp3) is 0.200. The molecule has 4 aromatic rings. The summed E-state index contributed by atoms with van der Waals surface area (Å²) in [5.41, 5.74) is 3.54. The number of benzene rings is 2. The van der Waals surface area contributed by atoms with Crippen LogP contribution in [0.15, 0.2) is 78.2 Å². The number of carbonyl (C=O) groups is 1. The Balaban J connectivity index is 1.69. The Morgan fingerprint density at radius 1 is 1.03 bits per heavy atom. The standard InChI is InChI=1S/C25H24ClN5OS/c1-17(2)30(20-8-5-4-6-9-20)23(32)16-33-25-29-28-24(19-12-14-27-15-13-19)31(25)22-11-7-10-21(26)18(22)3/h4-15,17H,16H2,1-3H3. The van der Waals surface area contributed by atoms with Crippen molar-refractivity contribution in [2.75, 3.05) is 10.7 Å². The molecule has 0 saturated carbocycles. The Morgan fingerprint density at radius 3 is 2.45 bits per heavy atom. The molecule has 2 aromatic carbocycles. The number of anilines is 1. The van der Waals surface area contributed by atoms with E-state index in [0.29, 0.717) is 16.0 Å².